The van der Waals surface area contributed by atoms with Gasteiger partial charge in [-0.2, -0.15) is 0 Å². The summed E-state index contributed by atoms with van der Waals surface area (Å²) in [6.07, 6.45) is 0. The molecular formula is C42H35GeNO2Pt. The number of benzene rings is 6. The van der Waals surface area contributed by atoms with Crippen LogP contribution in [0, 0.1) is 12.1 Å². The number of aromatic hydroxyl groups is 1. The van der Waals surface area contributed by atoms with Crippen molar-refractivity contribution in [1.82, 2.24) is 4.98 Å². The van der Waals surface area contributed by atoms with Crippen LogP contribution in [0.25, 0.3) is 66.0 Å². The predicted molar refractivity (Wildman–Crippen MR) is 194 cm³/mol. The van der Waals surface area contributed by atoms with E-state index in [0.29, 0.717) is 11.3 Å². The summed E-state index contributed by atoms with van der Waals surface area (Å²) in [5.74, 6) is 8.84. The molecule has 1 aromatic heterocycles. The van der Waals surface area contributed by atoms with E-state index in [1.54, 1.807) is 0 Å². The molecule has 0 bridgehead atoms. The number of pyridine rings is 1. The minimum atomic E-state index is -2.27. The minimum Gasteiger partial charge on any atom is 2.00 e. The molecule has 0 unspecified atom stereocenters. The number of rotatable bonds is 3. The zero-order valence-corrected chi connectivity index (χ0v) is 31.7. The van der Waals surface area contributed by atoms with Crippen molar-refractivity contribution in [3.8, 4) is 50.9 Å². The van der Waals surface area contributed by atoms with E-state index in [2.05, 4.69) is 117 Å². The molecule has 1 N–H and O–H groups in total. The normalized spacial score (nSPS) is 12.6. The molecule has 8 rings (SSSR count). The van der Waals surface area contributed by atoms with Crippen LogP contribution < -0.4 is 9.13 Å². The van der Waals surface area contributed by atoms with Gasteiger partial charge < -0.3 is 0 Å². The molecule has 0 saturated heterocycles. The van der Waals surface area contributed by atoms with Gasteiger partial charge in [0.1, 0.15) is 0 Å². The average molecular weight is 853 g/mol. The molecule has 47 heavy (non-hydrogen) atoms. The number of aromatic nitrogens is 1. The molecule has 0 saturated carbocycles. The fourth-order valence-electron chi connectivity index (χ4n) is 6.48. The Bertz CT molecular complexity index is 2380. The van der Waals surface area contributed by atoms with Crippen LogP contribution >= 0.6 is 0 Å². The molecule has 234 valence electrons. The van der Waals surface area contributed by atoms with Crippen molar-refractivity contribution in [3.05, 3.63) is 115 Å². The Balaban J connectivity index is 0.00000351. The van der Waals surface area contributed by atoms with Gasteiger partial charge in [0.2, 0.25) is 0 Å². The van der Waals surface area contributed by atoms with Crippen molar-refractivity contribution < 1.29 is 30.9 Å². The van der Waals surface area contributed by atoms with E-state index >= 15 is 0 Å². The van der Waals surface area contributed by atoms with Crippen molar-refractivity contribution >= 4 is 50.0 Å². The number of phenolic OH excluding ortho intramolecular Hbond substituents is 1. The quantitative estimate of drug-likeness (QED) is 0.142. The second-order valence-electron chi connectivity index (χ2n) is 14.5. The van der Waals surface area contributed by atoms with Gasteiger partial charge in [-0.25, -0.2) is 0 Å². The first-order valence-electron chi connectivity index (χ1n) is 15.9. The molecule has 1 aliphatic heterocycles. The van der Waals surface area contributed by atoms with Crippen LogP contribution in [0.4, 0.5) is 0 Å². The number of nitrogens with zero attached hydrogens (tertiary/aromatic N) is 1. The maximum Gasteiger partial charge on any atom is 2.00 e. The summed E-state index contributed by atoms with van der Waals surface area (Å²) in [6, 6.07) is 41.1. The number of ether oxygens (including phenoxy) is 1. The fourth-order valence-corrected chi connectivity index (χ4v) is 8.90. The first-order chi connectivity index (χ1) is 21.9. The summed E-state index contributed by atoms with van der Waals surface area (Å²) in [6.45, 7) is 6.72. The predicted octanol–water partition coefficient (Wildman–Crippen LogP) is 10.8. The molecule has 0 fully saturated rings. The van der Waals surface area contributed by atoms with E-state index in [0.717, 1.165) is 66.1 Å². The van der Waals surface area contributed by atoms with Gasteiger partial charge >= 0.3 is 277 Å². The number of fused-ring (bicyclic) bond motifs is 4. The molecule has 5 heteroatoms. The third-order valence-electron chi connectivity index (χ3n) is 9.16. The molecule has 0 radical (unpaired) electrons. The van der Waals surface area contributed by atoms with Gasteiger partial charge in [0.25, 0.3) is 0 Å². The van der Waals surface area contributed by atoms with E-state index in [4.69, 9.17) is 9.72 Å². The molecule has 0 amide bonds. The van der Waals surface area contributed by atoms with Gasteiger partial charge in [-0.3, -0.25) is 0 Å². The first-order valence-corrected chi connectivity index (χ1v) is 23.2. The molecule has 0 spiro atoms. The molecular weight excluding hydrogens is 818 g/mol. The Labute approximate surface area is 293 Å². The molecule has 6 aromatic carbocycles. The third kappa shape index (κ3) is 5.48. The largest absolute Gasteiger partial charge is 2.00 e. The van der Waals surface area contributed by atoms with Gasteiger partial charge in [-0.05, 0) is 0 Å². The first kappa shape index (κ1) is 31.7. The Morgan fingerprint density at radius 1 is 0.702 bits per heavy atom. The molecule has 0 atom stereocenters. The van der Waals surface area contributed by atoms with Gasteiger partial charge in [-0.15, -0.1) is 0 Å². The monoisotopic (exact) mass is 854 g/mol. The second-order valence-corrected chi connectivity index (χ2v) is 25.2. The maximum absolute atomic E-state index is 11.7. The van der Waals surface area contributed by atoms with Crippen LogP contribution in [0.1, 0.15) is 26.3 Å². The molecule has 0 aliphatic carbocycles. The van der Waals surface area contributed by atoms with Crippen molar-refractivity contribution in [1.29, 1.82) is 0 Å². The van der Waals surface area contributed by atoms with E-state index in [9.17, 15) is 5.11 Å². The zero-order chi connectivity index (χ0) is 32.0. The van der Waals surface area contributed by atoms with E-state index in [1.165, 1.54) is 9.96 Å². The van der Waals surface area contributed by atoms with Crippen molar-refractivity contribution in [3.63, 3.8) is 0 Å². The number of hydrogen-bond donors (Lipinski definition) is 1. The number of phenols is 1. The van der Waals surface area contributed by atoms with Crippen LogP contribution in [0.3, 0.4) is 0 Å². The minimum absolute atomic E-state index is 0. The van der Waals surface area contributed by atoms with Crippen molar-refractivity contribution in [2.45, 2.75) is 43.5 Å². The summed E-state index contributed by atoms with van der Waals surface area (Å²) in [5, 5.41) is 17.7. The average Bonchev–Trinajstić information content (AvgIpc) is 3.03. The van der Waals surface area contributed by atoms with Gasteiger partial charge in [-0.1, -0.05) is 18.2 Å². The fraction of sp³-hybridized carbons (Fsp3) is 0.167. The van der Waals surface area contributed by atoms with Crippen LogP contribution in [0.5, 0.6) is 17.2 Å². The summed E-state index contributed by atoms with van der Waals surface area (Å²) < 4.78 is 7.97. The zero-order valence-electron chi connectivity index (χ0n) is 27.4. The third-order valence-corrected chi connectivity index (χ3v) is 13.4. The summed E-state index contributed by atoms with van der Waals surface area (Å²) >= 11 is -2.27. The van der Waals surface area contributed by atoms with Crippen molar-refractivity contribution in [2.75, 3.05) is 0 Å². The van der Waals surface area contributed by atoms with Gasteiger partial charge in [0, 0.05) is 0 Å². The van der Waals surface area contributed by atoms with Crippen molar-refractivity contribution in [2.24, 2.45) is 0 Å². The molecule has 2 heterocycles. The SMILES string of the molecule is CC(C)(C)c1cc(-c2[c-]c3ccccc3cc2)[c-]c(-c2cc3c[c]([Ge]([CH3])([CH3])[CH3])cc4c3c(n2)-c2c(cc3ccccc3c2O)O4)c1.[Pt+2]. The summed E-state index contributed by atoms with van der Waals surface area (Å²) in [7, 11) is 0. The molecule has 1 aliphatic rings. The smallest absolute Gasteiger partial charge is 2.00 e. The Morgan fingerprint density at radius 3 is 2.19 bits per heavy atom. The Hall–Kier alpha value is -3.92. The van der Waals surface area contributed by atoms with Crippen LogP contribution in [-0.4, -0.2) is 23.4 Å². The van der Waals surface area contributed by atoms with Gasteiger partial charge in [0.05, 0.1) is 0 Å². The van der Waals surface area contributed by atoms with Gasteiger partial charge in [0.15, 0.2) is 0 Å². The van der Waals surface area contributed by atoms with Crippen LogP contribution in [0.15, 0.2) is 97.1 Å². The Morgan fingerprint density at radius 2 is 1.43 bits per heavy atom. The van der Waals surface area contributed by atoms with E-state index in [1.807, 2.05) is 30.3 Å². The summed E-state index contributed by atoms with van der Waals surface area (Å²) in [4.78, 5) is 5.34. The van der Waals surface area contributed by atoms with Crippen LogP contribution in [-0.2, 0) is 26.5 Å². The standard InChI is InChI=1S/C42H35GeNO2.Pt/c1-42(2,3)32-19-29(27-16-15-25-11-7-8-12-26(25)17-27)18-30(20-32)35-22-31-21-33(43(4,5)6)24-37-38(31)40(44-35)39-36(46-37)23-28-13-9-10-14-34(28)41(39)45;/h7-16,19-24,45H,1-6H3;/q-2;+2. The molecule has 3 nitrogen and oxygen atoms in total. The topological polar surface area (TPSA) is 42.4 Å². The van der Waals surface area contributed by atoms with E-state index < -0.39 is 13.3 Å². The van der Waals surface area contributed by atoms with Crippen LogP contribution in [0.2, 0.25) is 17.3 Å². The summed E-state index contributed by atoms with van der Waals surface area (Å²) in [5.41, 5.74) is 6.21. The van der Waals surface area contributed by atoms with E-state index in [-0.39, 0.29) is 32.2 Å². The Kier molecular flexibility index (Phi) is 7.65. The second kappa shape index (κ2) is 11.4. The number of hydrogen-bond acceptors (Lipinski definition) is 3. The maximum atomic E-state index is 11.7. The molecule has 7 aromatic rings.